The number of hydrogen-bond donors (Lipinski definition) is 0. The first kappa shape index (κ1) is 21.6. The van der Waals surface area contributed by atoms with Crippen molar-refractivity contribution < 1.29 is 36.2 Å². The van der Waals surface area contributed by atoms with Crippen molar-refractivity contribution in [2.24, 2.45) is 0 Å². The topological polar surface area (TPSA) is 35.5 Å². The van der Waals surface area contributed by atoms with Crippen molar-refractivity contribution in [2.45, 2.75) is 29.7 Å². The fourth-order valence-electron chi connectivity index (χ4n) is 2.98. The number of hydrogen-bond acceptors (Lipinski definition) is 3. The summed E-state index contributed by atoms with van der Waals surface area (Å²) in [6.07, 6.45) is -0.0625. The molecule has 1 saturated carbocycles. The van der Waals surface area contributed by atoms with Crippen LogP contribution in [0.15, 0.2) is 24.3 Å². The van der Waals surface area contributed by atoms with Crippen LogP contribution in [0.4, 0.5) is 22.0 Å². The van der Waals surface area contributed by atoms with Gasteiger partial charge in [0, 0.05) is 6.42 Å². The average Bonchev–Trinajstić information content (AvgIpc) is 3.29. The molecule has 10 heteroatoms. The smallest absolute Gasteiger partial charge is 0.320 e. The van der Waals surface area contributed by atoms with Gasteiger partial charge in [-0.2, -0.15) is 0 Å². The van der Waals surface area contributed by atoms with Gasteiger partial charge in [0.2, 0.25) is 5.82 Å². The molecule has 0 bridgehead atoms. The molecule has 1 aliphatic carbocycles. The van der Waals surface area contributed by atoms with Crippen molar-refractivity contribution in [2.75, 3.05) is 6.61 Å². The third-order valence-electron chi connectivity index (χ3n) is 4.64. The van der Waals surface area contributed by atoms with Gasteiger partial charge in [-0.1, -0.05) is 35.3 Å². The van der Waals surface area contributed by atoms with E-state index in [0.717, 1.165) is 0 Å². The predicted octanol–water partition coefficient (Wildman–Crippen LogP) is 5.34. The molecule has 0 spiro atoms. The van der Waals surface area contributed by atoms with Crippen LogP contribution in [-0.4, -0.2) is 16.9 Å². The maximum Gasteiger partial charge on any atom is 0.320 e. The summed E-state index contributed by atoms with van der Waals surface area (Å²) in [4.78, 5) is 12.7. The molecule has 1 unspecified atom stereocenters. The van der Waals surface area contributed by atoms with Crippen LogP contribution in [0.2, 0.25) is 0 Å². The minimum Gasteiger partial charge on any atom is -0.494 e. The molecular formula is C19H13Cl2F5O3. The zero-order valence-electron chi connectivity index (χ0n) is 14.8. The molecule has 0 aromatic heterocycles. The highest BCUT2D eigenvalue weighted by Gasteiger charge is 2.73. The second-order valence-corrected chi connectivity index (χ2v) is 7.85. The molecule has 2 aromatic carbocycles. The maximum absolute atomic E-state index is 13.8. The summed E-state index contributed by atoms with van der Waals surface area (Å²) < 4.78 is 75.9. The summed E-state index contributed by atoms with van der Waals surface area (Å²) in [5, 5.41) is 0. The Morgan fingerprint density at radius 1 is 0.966 bits per heavy atom. The quantitative estimate of drug-likeness (QED) is 0.194. The Kier molecular flexibility index (Phi) is 5.71. The van der Waals surface area contributed by atoms with Crippen LogP contribution in [0.5, 0.6) is 5.75 Å². The zero-order valence-corrected chi connectivity index (χ0v) is 16.3. The fraction of sp³-hybridized carbons (Fsp3) is 0.316. The predicted molar refractivity (Wildman–Crippen MR) is 94.4 cm³/mol. The van der Waals surface area contributed by atoms with Gasteiger partial charge in [-0.25, -0.2) is 22.0 Å². The van der Waals surface area contributed by atoms with Gasteiger partial charge < -0.3 is 9.47 Å². The van der Waals surface area contributed by atoms with E-state index in [1.165, 1.54) is 12.1 Å². The Labute approximate surface area is 172 Å². The SMILES string of the molecule is CCOc1ccc(C2(C(=O)OCc3c(F)c(F)c(F)c(F)c3F)CC2(Cl)Cl)cc1. The summed E-state index contributed by atoms with van der Waals surface area (Å²) >= 11 is 12.3. The summed E-state index contributed by atoms with van der Waals surface area (Å²) in [6, 6.07) is 6.19. The lowest BCUT2D eigenvalue weighted by atomic mass is 9.96. The summed E-state index contributed by atoms with van der Waals surface area (Å²) in [6.45, 7) is 1.02. The maximum atomic E-state index is 13.8. The summed E-state index contributed by atoms with van der Waals surface area (Å²) in [5.41, 5.74) is -2.47. The van der Waals surface area contributed by atoms with E-state index in [4.69, 9.17) is 32.7 Å². The Bertz CT molecular complexity index is 936. The molecule has 1 atom stereocenters. The highest BCUT2D eigenvalue weighted by atomic mass is 35.5. The zero-order chi connectivity index (χ0) is 21.6. The molecule has 0 amide bonds. The summed E-state index contributed by atoms with van der Waals surface area (Å²) in [7, 11) is 0. The van der Waals surface area contributed by atoms with Gasteiger partial charge in [0.05, 0.1) is 12.2 Å². The third kappa shape index (κ3) is 3.53. The standard InChI is InChI=1S/C19H13Cl2F5O3/c1-2-28-10-5-3-9(4-6-10)18(8-19(18,20)21)17(27)29-7-11-12(22)14(24)16(26)15(25)13(11)23/h3-6H,2,7-8H2,1H3. The Morgan fingerprint density at radius 2 is 1.45 bits per heavy atom. The molecule has 29 heavy (non-hydrogen) atoms. The van der Waals surface area contributed by atoms with Gasteiger partial charge >= 0.3 is 5.97 Å². The largest absolute Gasteiger partial charge is 0.494 e. The van der Waals surface area contributed by atoms with Crippen LogP contribution in [0.1, 0.15) is 24.5 Å². The molecular weight excluding hydrogens is 442 g/mol. The normalized spacial score (nSPS) is 19.7. The molecule has 3 rings (SSSR count). The van der Waals surface area contributed by atoms with Gasteiger partial charge in [0.1, 0.15) is 22.1 Å². The van der Waals surface area contributed by atoms with Crippen molar-refractivity contribution in [1.29, 1.82) is 0 Å². The number of halogens is 7. The van der Waals surface area contributed by atoms with Gasteiger partial charge in [-0.15, -0.1) is 0 Å². The van der Waals surface area contributed by atoms with Gasteiger partial charge in [0.15, 0.2) is 23.3 Å². The van der Waals surface area contributed by atoms with Crippen LogP contribution in [0.25, 0.3) is 0 Å². The molecule has 0 heterocycles. The molecule has 0 saturated heterocycles. The third-order valence-corrected chi connectivity index (χ3v) is 5.55. The van der Waals surface area contributed by atoms with Crippen molar-refractivity contribution in [3.63, 3.8) is 0 Å². The number of rotatable bonds is 6. The second-order valence-electron chi connectivity index (χ2n) is 6.37. The molecule has 0 radical (unpaired) electrons. The minimum atomic E-state index is -2.30. The second kappa shape index (κ2) is 7.65. The number of ether oxygens (including phenoxy) is 2. The van der Waals surface area contributed by atoms with Crippen LogP contribution in [-0.2, 0) is 21.6 Å². The first-order valence-corrected chi connectivity index (χ1v) is 9.11. The van der Waals surface area contributed by atoms with Crippen LogP contribution < -0.4 is 4.74 Å². The number of alkyl halides is 2. The van der Waals surface area contributed by atoms with Crippen molar-refractivity contribution in [1.82, 2.24) is 0 Å². The van der Waals surface area contributed by atoms with E-state index in [1.54, 1.807) is 19.1 Å². The van der Waals surface area contributed by atoms with Gasteiger partial charge in [-0.05, 0) is 24.6 Å². The van der Waals surface area contributed by atoms with E-state index >= 15 is 0 Å². The fourth-order valence-corrected chi connectivity index (χ4v) is 3.76. The van der Waals surface area contributed by atoms with Gasteiger partial charge in [0.25, 0.3) is 0 Å². The van der Waals surface area contributed by atoms with E-state index in [2.05, 4.69) is 0 Å². The Balaban J connectivity index is 1.86. The van der Waals surface area contributed by atoms with E-state index in [-0.39, 0.29) is 6.42 Å². The first-order chi connectivity index (χ1) is 13.6. The molecule has 2 aromatic rings. The molecule has 1 aliphatic rings. The van der Waals surface area contributed by atoms with Crippen LogP contribution in [0.3, 0.4) is 0 Å². The average molecular weight is 455 g/mol. The molecule has 1 fully saturated rings. The van der Waals surface area contributed by atoms with Crippen LogP contribution in [0, 0.1) is 29.1 Å². The first-order valence-electron chi connectivity index (χ1n) is 8.35. The number of benzene rings is 2. The lowest BCUT2D eigenvalue weighted by Crippen LogP contribution is -2.29. The molecule has 0 N–H and O–H groups in total. The Hall–Kier alpha value is -2.06. The molecule has 0 aliphatic heterocycles. The highest BCUT2D eigenvalue weighted by molar-refractivity contribution is 6.54. The number of esters is 1. The Morgan fingerprint density at radius 3 is 1.90 bits per heavy atom. The van der Waals surface area contributed by atoms with Crippen LogP contribution >= 0.6 is 23.2 Å². The number of carbonyl (C=O) groups excluding carboxylic acids is 1. The highest BCUT2D eigenvalue weighted by Crippen LogP contribution is 2.65. The lowest BCUT2D eigenvalue weighted by Gasteiger charge is -2.18. The molecule has 156 valence electrons. The van der Waals surface area contributed by atoms with E-state index in [0.29, 0.717) is 17.9 Å². The number of carbonyl (C=O) groups is 1. The minimum absolute atomic E-state index is 0.0625. The monoisotopic (exact) mass is 454 g/mol. The van der Waals surface area contributed by atoms with E-state index in [1.807, 2.05) is 0 Å². The van der Waals surface area contributed by atoms with Crippen molar-refractivity contribution >= 4 is 29.2 Å². The summed E-state index contributed by atoms with van der Waals surface area (Å²) in [5.74, 6) is -11.3. The van der Waals surface area contributed by atoms with Gasteiger partial charge in [-0.3, -0.25) is 4.79 Å². The van der Waals surface area contributed by atoms with E-state index < -0.39 is 57.0 Å². The van der Waals surface area contributed by atoms with Crippen molar-refractivity contribution in [3.8, 4) is 5.75 Å². The molecule has 3 nitrogen and oxygen atoms in total. The van der Waals surface area contributed by atoms with E-state index in [9.17, 15) is 26.7 Å². The lowest BCUT2D eigenvalue weighted by molar-refractivity contribution is -0.148. The van der Waals surface area contributed by atoms with Crippen molar-refractivity contribution in [3.05, 3.63) is 64.5 Å².